The van der Waals surface area contributed by atoms with Crippen molar-refractivity contribution in [2.75, 3.05) is 5.32 Å². The van der Waals surface area contributed by atoms with Gasteiger partial charge in [-0.05, 0) is 35.6 Å². The predicted octanol–water partition coefficient (Wildman–Crippen LogP) is 6.73. The van der Waals surface area contributed by atoms with Crippen LogP contribution in [-0.2, 0) is 10.2 Å². The van der Waals surface area contributed by atoms with E-state index in [-0.39, 0.29) is 5.91 Å². The summed E-state index contributed by atoms with van der Waals surface area (Å²) in [5.74, 6) is 6.46. The molecule has 164 valence electrons. The highest BCUT2D eigenvalue weighted by molar-refractivity contribution is 6.07. The number of hydrogen-bond acceptors (Lipinski definition) is 2. The van der Waals surface area contributed by atoms with Gasteiger partial charge in [0.2, 0.25) is 5.91 Å². The van der Waals surface area contributed by atoms with Gasteiger partial charge < -0.3 is 5.32 Å². The Morgan fingerprint density at radius 2 is 1.56 bits per heavy atom. The van der Waals surface area contributed by atoms with Crippen molar-refractivity contribution < 1.29 is 4.79 Å². The fourth-order valence-electron chi connectivity index (χ4n) is 4.32. The third-order valence-corrected chi connectivity index (χ3v) is 6.23. The number of hydrogen-bond donors (Lipinski definition) is 1. The molecule has 1 N–H and O–H groups in total. The van der Waals surface area contributed by atoms with Gasteiger partial charge in [-0.2, -0.15) is 0 Å². The Morgan fingerprint density at radius 3 is 2.38 bits per heavy atom. The predicted molar refractivity (Wildman–Crippen MR) is 140 cm³/mol. The van der Waals surface area contributed by atoms with Crippen LogP contribution in [0, 0.1) is 11.8 Å². The monoisotopic (exact) mass is 440 g/mol. The summed E-state index contributed by atoms with van der Waals surface area (Å²) in [5.41, 5.74) is 2.35. The zero-order valence-electron chi connectivity index (χ0n) is 19.0. The molecule has 3 heteroatoms. The Balaban J connectivity index is 1.59. The third-order valence-electron chi connectivity index (χ3n) is 6.23. The number of anilines is 1. The quantitative estimate of drug-likeness (QED) is 0.315. The summed E-state index contributed by atoms with van der Waals surface area (Å²) >= 11 is 0. The summed E-state index contributed by atoms with van der Waals surface area (Å²) in [4.78, 5) is 18.4. The lowest BCUT2D eigenvalue weighted by Crippen LogP contribution is -2.39. The average molecular weight is 441 g/mol. The lowest BCUT2D eigenvalue weighted by Gasteiger charge is -2.27. The van der Waals surface area contributed by atoms with Crippen LogP contribution in [0.25, 0.3) is 21.7 Å². The molecule has 0 aliphatic heterocycles. The van der Waals surface area contributed by atoms with Crippen molar-refractivity contribution in [2.45, 2.75) is 18.8 Å². The van der Waals surface area contributed by atoms with E-state index in [1.807, 2.05) is 110 Å². The number of fused-ring (bicyclic) bond motifs is 2. The van der Waals surface area contributed by atoms with E-state index < -0.39 is 5.41 Å². The van der Waals surface area contributed by atoms with Crippen molar-refractivity contribution in [3.8, 4) is 11.8 Å². The zero-order valence-corrected chi connectivity index (χ0v) is 19.0. The molecule has 0 radical (unpaired) electrons. The maximum absolute atomic E-state index is 13.9. The van der Waals surface area contributed by atoms with Crippen LogP contribution in [-0.4, -0.2) is 10.9 Å². The zero-order chi connectivity index (χ0) is 23.4. The second-order valence-corrected chi connectivity index (χ2v) is 8.27. The number of nitrogens with one attached hydrogen (secondary N) is 1. The van der Waals surface area contributed by atoms with Crippen molar-refractivity contribution in [3.05, 3.63) is 120 Å². The number of carbonyl (C=O) groups is 1. The number of aromatic nitrogens is 1. The molecule has 4 aromatic carbocycles. The number of benzene rings is 4. The summed E-state index contributed by atoms with van der Waals surface area (Å²) in [6.45, 7) is 2.00. The third kappa shape index (κ3) is 4.02. The SMILES string of the molecule is CC[C@](C#Cc1cnc2ccccc2c1)(C(=O)Nc1cccc2ccccc12)c1ccccc1. The summed E-state index contributed by atoms with van der Waals surface area (Å²) in [5, 5.41) is 6.29. The molecule has 0 fully saturated rings. The Labute approximate surface area is 199 Å². The molecule has 0 saturated carbocycles. The summed E-state index contributed by atoms with van der Waals surface area (Å²) in [7, 11) is 0. The van der Waals surface area contributed by atoms with Crippen molar-refractivity contribution in [3.63, 3.8) is 0 Å². The fraction of sp³-hybridized carbons (Fsp3) is 0.0968. The average Bonchev–Trinajstić information content (AvgIpc) is 2.90. The first kappa shape index (κ1) is 21.4. The van der Waals surface area contributed by atoms with E-state index in [9.17, 15) is 4.79 Å². The number of carbonyl (C=O) groups excluding carboxylic acids is 1. The normalized spacial score (nSPS) is 12.5. The number of nitrogens with zero attached hydrogens (tertiary/aromatic N) is 1. The maximum Gasteiger partial charge on any atom is 0.247 e. The van der Waals surface area contributed by atoms with Crippen molar-refractivity contribution >= 4 is 33.3 Å². The van der Waals surface area contributed by atoms with Gasteiger partial charge >= 0.3 is 0 Å². The first-order valence-electron chi connectivity index (χ1n) is 11.4. The van der Waals surface area contributed by atoms with Crippen LogP contribution >= 0.6 is 0 Å². The molecule has 1 atom stereocenters. The molecular formula is C31H24N2O. The van der Waals surface area contributed by atoms with Crippen molar-refractivity contribution in [1.82, 2.24) is 4.98 Å². The topological polar surface area (TPSA) is 42.0 Å². The Kier molecular flexibility index (Phi) is 5.81. The van der Waals surface area contributed by atoms with E-state index in [2.05, 4.69) is 22.1 Å². The first-order valence-corrected chi connectivity index (χ1v) is 11.4. The van der Waals surface area contributed by atoms with Crippen LogP contribution in [0.3, 0.4) is 0 Å². The van der Waals surface area contributed by atoms with E-state index in [0.717, 1.165) is 38.5 Å². The van der Waals surface area contributed by atoms with Crippen LogP contribution in [0.4, 0.5) is 5.69 Å². The molecule has 1 amide bonds. The molecule has 0 aliphatic carbocycles. The molecule has 1 heterocycles. The number of rotatable bonds is 4. The molecular weight excluding hydrogens is 416 g/mol. The van der Waals surface area contributed by atoms with Crippen LogP contribution in [0.15, 0.2) is 109 Å². The highest BCUT2D eigenvalue weighted by Crippen LogP contribution is 2.31. The molecule has 0 saturated heterocycles. The molecule has 34 heavy (non-hydrogen) atoms. The van der Waals surface area contributed by atoms with Gasteiger partial charge in [-0.1, -0.05) is 104 Å². The largest absolute Gasteiger partial charge is 0.324 e. The number of amides is 1. The van der Waals surface area contributed by atoms with Crippen LogP contribution in [0.5, 0.6) is 0 Å². The summed E-state index contributed by atoms with van der Waals surface area (Å²) in [6, 6.07) is 33.7. The van der Waals surface area contributed by atoms with E-state index in [1.54, 1.807) is 6.20 Å². The van der Waals surface area contributed by atoms with Gasteiger partial charge in [0.05, 0.1) is 5.52 Å². The second kappa shape index (κ2) is 9.21. The Morgan fingerprint density at radius 1 is 0.853 bits per heavy atom. The molecule has 5 rings (SSSR count). The molecule has 0 spiro atoms. The summed E-state index contributed by atoms with van der Waals surface area (Å²) < 4.78 is 0. The lowest BCUT2D eigenvalue weighted by atomic mass is 9.77. The highest BCUT2D eigenvalue weighted by Gasteiger charge is 2.37. The van der Waals surface area contributed by atoms with Gasteiger partial charge in [0.25, 0.3) is 0 Å². The van der Waals surface area contributed by atoms with Crippen LogP contribution in [0.2, 0.25) is 0 Å². The minimum absolute atomic E-state index is 0.140. The van der Waals surface area contributed by atoms with E-state index in [4.69, 9.17) is 0 Å². The lowest BCUT2D eigenvalue weighted by molar-refractivity contribution is -0.119. The fourth-order valence-corrected chi connectivity index (χ4v) is 4.32. The van der Waals surface area contributed by atoms with E-state index in [0.29, 0.717) is 6.42 Å². The summed E-state index contributed by atoms with van der Waals surface area (Å²) in [6.07, 6.45) is 2.30. The molecule has 3 nitrogen and oxygen atoms in total. The van der Waals surface area contributed by atoms with Crippen molar-refractivity contribution in [2.24, 2.45) is 0 Å². The second-order valence-electron chi connectivity index (χ2n) is 8.27. The molecule has 0 aliphatic rings. The minimum atomic E-state index is -1.01. The molecule has 1 aromatic heterocycles. The van der Waals surface area contributed by atoms with Gasteiger partial charge in [-0.25, -0.2) is 0 Å². The Bertz CT molecular complexity index is 1540. The smallest absolute Gasteiger partial charge is 0.247 e. The van der Waals surface area contributed by atoms with Crippen LogP contribution < -0.4 is 5.32 Å². The van der Waals surface area contributed by atoms with E-state index >= 15 is 0 Å². The Hall–Kier alpha value is -4.42. The van der Waals surface area contributed by atoms with Gasteiger partial charge in [-0.3, -0.25) is 9.78 Å². The van der Waals surface area contributed by atoms with E-state index in [1.165, 1.54) is 0 Å². The van der Waals surface area contributed by atoms with Crippen molar-refractivity contribution in [1.29, 1.82) is 0 Å². The molecule has 5 aromatic rings. The molecule has 0 unspecified atom stereocenters. The number of para-hydroxylation sites is 1. The minimum Gasteiger partial charge on any atom is -0.324 e. The van der Waals surface area contributed by atoms with Crippen LogP contribution in [0.1, 0.15) is 24.5 Å². The van der Waals surface area contributed by atoms with Gasteiger partial charge in [-0.15, -0.1) is 0 Å². The van der Waals surface area contributed by atoms with Gasteiger partial charge in [0.15, 0.2) is 0 Å². The first-order chi connectivity index (χ1) is 16.7. The highest BCUT2D eigenvalue weighted by atomic mass is 16.2. The standard InChI is InChI=1S/C31H24N2O/c1-2-31(26-14-4-3-5-15-26,20-19-23-21-25-12-7-9-17-28(25)32-22-23)30(34)33-29-18-10-13-24-11-6-8-16-27(24)29/h3-18,21-22H,2H2,1H3,(H,33,34)/t31-/m1/s1. The van der Waals surface area contributed by atoms with Gasteiger partial charge in [0.1, 0.15) is 5.41 Å². The maximum atomic E-state index is 13.9. The van der Waals surface area contributed by atoms with Gasteiger partial charge in [0, 0.05) is 28.2 Å². The molecule has 0 bridgehead atoms. The number of pyridine rings is 1.